The van der Waals surface area contributed by atoms with Crippen molar-refractivity contribution < 1.29 is 4.74 Å². The summed E-state index contributed by atoms with van der Waals surface area (Å²) in [6.07, 6.45) is 1.58. The molecule has 0 saturated carbocycles. The minimum absolute atomic E-state index is 0.534. The molecule has 5 heteroatoms. The lowest BCUT2D eigenvalue weighted by molar-refractivity contribution is 0.416. The highest BCUT2D eigenvalue weighted by Gasteiger charge is 2.05. The van der Waals surface area contributed by atoms with Crippen molar-refractivity contribution in [3.05, 3.63) is 23.2 Å². The summed E-state index contributed by atoms with van der Waals surface area (Å²) < 4.78 is 5.09. The summed E-state index contributed by atoms with van der Waals surface area (Å²) in [6, 6.07) is 1.78. The molecule has 0 aromatic carbocycles. The monoisotopic (exact) mass is 207 g/mol. The minimum atomic E-state index is 0.534. The van der Waals surface area contributed by atoms with Gasteiger partial charge >= 0.3 is 0 Å². The molecule has 0 bridgehead atoms. The van der Waals surface area contributed by atoms with Crippen LogP contribution in [0.4, 0.5) is 5.69 Å². The number of anilines is 1. The van der Waals surface area contributed by atoms with E-state index in [1.165, 1.54) is 11.3 Å². The Morgan fingerprint density at radius 3 is 2.86 bits per heavy atom. The predicted octanol–water partition coefficient (Wildman–Crippen LogP) is 1.80. The van der Waals surface area contributed by atoms with Crippen molar-refractivity contribution in [3.63, 3.8) is 0 Å². The molecule has 2 N–H and O–H groups in total. The lowest BCUT2D eigenvalue weighted by atomic mass is 10.2. The van der Waals surface area contributed by atoms with Crippen molar-refractivity contribution in [2.24, 2.45) is 0 Å². The maximum Gasteiger partial charge on any atom is 0.145 e. The average Bonchev–Trinajstić information content (AvgIpc) is 2.71. The summed E-state index contributed by atoms with van der Waals surface area (Å²) in [7, 11) is 1.58. The third-order valence-electron chi connectivity index (χ3n) is 1.81. The highest BCUT2D eigenvalue weighted by Crippen LogP contribution is 2.25. The van der Waals surface area contributed by atoms with Crippen LogP contribution in [0, 0.1) is 0 Å². The van der Waals surface area contributed by atoms with Gasteiger partial charge in [-0.15, -0.1) is 11.3 Å². The minimum Gasteiger partial charge on any atom is -0.494 e. The lowest BCUT2D eigenvalue weighted by Gasteiger charge is -2.04. The van der Waals surface area contributed by atoms with Gasteiger partial charge in [-0.1, -0.05) is 0 Å². The summed E-state index contributed by atoms with van der Waals surface area (Å²) in [5.41, 5.74) is 9.56. The van der Waals surface area contributed by atoms with E-state index < -0.39 is 0 Å². The number of nitrogen functional groups attached to an aromatic ring is 1. The Bertz CT molecular complexity index is 428. The van der Waals surface area contributed by atoms with Gasteiger partial charge in [0.2, 0.25) is 0 Å². The molecule has 0 unspecified atom stereocenters. The van der Waals surface area contributed by atoms with Gasteiger partial charge in [0, 0.05) is 11.4 Å². The maximum atomic E-state index is 5.65. The molecular weight excluding hydrogens is 198 g/mol. The normalized spacial score (nSPS) is 10.1. The van der Waals surface area contributed by atoms with Crippen LogP contribution >= 0.6 is 11.3 Å². The number of methoxy groups -OCH3 is 1. The van der Waals surface area contributed by atoms with Crippen LogP contribution in [0.15, 0.2) is 23.2 Å². The van der Waals surface area contributed by atoms with Gasteiger partial charge in [0.05, 0.1) is 35.9 Å². The Kier molecular flexibility index (Phi) is 2.32. The van der Waals surface area contributed by atoms with Crippen molar-refractivity contribution in [2.75, 3.05) is 12.8 Å². The van der Waals surface area contributed by atoms with E-state index in [9.17, 15) is 0 Å². The Labute approximate surface area is 85.4 Å². The van der Waals surface area contributed by atoms with Crippen LogP contribution in [0.5, 0.6) is 5.75 Å². The SMILES string of the molecule is COc1cc(-c2cscn2)ncc1N. The van der Waals surface area contributed by atoms with E-state index >= 15 is 0 Å². The smallest absolute Gasteiger partial charge is 0.145 e. The first-order chi connectivity index (χ1) is 6.81. The number of rotatable bonds is 2. The maximum absolute atomic E-state index is 5.65. The van der Waals surface area contributed by atoms with E-state index in [0.717, 1.165) is 11.4 Å². The van der Waals surface area contributed by atoms with Gasteiger partial charge in [-0.2, -0.15) is 0 Å². The second kappa shape index (κ2) is 3.63. The van der Waals surface area contributed by atoms with Crippen LogP contribution in [0.3, 0.4) is 0 Å². The number of ether oxygens (including phenoxy) is 1. The molecular formula is C9H9N3OS. The molecule has 0 radical (unpaired) electrons. The molecule has 0 fully saturated rings. The van der Waals surface area contributed by atoms with Crippen molar-refractivity contribution in [2.45, 2.75) is 0 Å². The number of nitrogens with two attached hydrogens (primary N) is 1. The number of pyridine rings is 1. The van der Waals surface area contributed by atoms with Gasteiger partial charge in [0.15, 0.2) is 0 Å². The van der Waals surface area contributed by atoms with E-state index in [1.807, 2.05) is 5.38 Å². The molecule has 0 spiro atoms. The molecule has 0 aliphatic rings. The first kappa shape index (κ1) is 8.96. The average molecular weight is 207 g/mol. The Morgan fingerprint density at radius 2 is 2.21 bits per heavy atom. The van der Waals surface area contributed by atoms with E-state index in [0.29, 0.717) is 11.4 Å². The fourth-order valence-corrected chi connectivity index (χ4v) is 1.65. The Balaban J connectivity index is 2.46. The van der Waals surface area contributed by atoms with Crippen molar-refractivity contribution in [1.82, 2.24) is 9.97 Å². The van der Waals surface area contributed by atoms with E-state index in [2.05, 4.69) is 9.97 Å². The van der Waals surface area contributed by atoms with E-state index in [4.69, 9.17) is 10.5 Å². The zero-order valence-corrected chi connectivity index (χ0v) is 8.41. The van der Waals surface area contributed by atoms with E-state index in [-0.39, 0.29) is 0 Å². The fourth-order valence-electron chi connectivity index (χ4n) is 1.10. The molecule has 0 amide bonds. The molecule has 2 heterocycles. The first-order valence-corrected chi connectivity index (χ1v) is 4.93. The van der Waals surface area contributed by atoms with Crippen LogP contribution in [0.25, 0.3) is 11.4 Å². The van der Waals surface area contributed by atoms with Gasteiger partial charge in [-0.05, 0) is 0 Å². The zero-order chi connectivity index (χ0) is 9.97. The molecule has 14 heavy (non-hydrogen) atoms. The van der Waals surface area contributed by atoms with Gasteiger partial charge in [0.25, 0.3) is 0 Å². The molecule has 0 aliphatic carbocycles. The van der Waals surface area contributed by atoms with Crippen LogP contribution < -0.4 is 10.5 Å². The summed E-state index contributed by atoms with van der Waals surface area (Å²) in [6.45, 7) is 0. The topological polar surface area (TPSA) is 61.0 Å². The van der Waals surface area contributed by atoms with Crippen LogP contribution in [-0.2, 0) is 0 Å². The third-order valence-corrected chi connectivity index (χ3v) is 2.40. The highest BCUT2D eigenvalue weighted by molar-refractivity contribution is 7.07. The number of hydrogen-bond donors (Lipinski definition) is 1. The molecule has 2 aromatic rings. The third kappa shape index (κ3) is 1.54. The summed E-state index contributed by atoms with van der Waals surface area (Å²) in [5.74, 6) is 0.628. The molecule has 0 saturated heterocycles. The summed E-state index contributed by atoms with van der Waals surface area (Å²) in [5, 5.41) is 1.93. The van der Waals surface area contributed by atoms with Gasteiger partial charge in [-0.3, -0.25) is 4.98 Å². The van der Waals surface area contributed by atoms with Crippen LogP contribution in [-0.4, -0.2) is 17.1 Å². The van der Waals surface area contributed by atoms with Crippen LogP contribution in [0.1, 0.15) is 0 Å². The van der Waals surface area contributed by atoms with Gasteiger partial charge < -0.3 is 10.5 Å². The van der Waals surface area contributed by atoms with Gasteiger partial charge in [-0.25, -0.2) is 4.98 Å². The number of hydrogen-bond acceptors (Lipinski definition) is 5. The number of aromatic nitrogens is 2. The van der Waals surface area contributed by atoms with Crippen LogP contribution in [0.2, 0.25) is 0 Å². The standard InChI is InChI=1S/C9H9N3OS/c1-13-9-2-7(11-3-6(9)10)8-4-14-5-12-8/h2-5H,10H2,1H3. The Hall–Kier alpha value is -1.62. The Morgan fingerprint density at radius 1 is 1.36 bits per heavy atom. The van der Waals surface area contributed by atoms with Crippen molar-refractivity contribution >= 4 is 17.0 Å². The molecule has 0 aliphatic heterocycles. The predicted molar refractivity (Wildman–Crippen MR) is 56.3 cm³/mol. The van der Waals surface area contributed by atoms with Crippen molar-refractivity contribution in [3.8, 4) is 17.1 Å². The molecule has 72 valence electrons. The fraction of sp³-hybridized carbons (Fsp3) is 0.111. The highest BCUT2D eigenvalue weighted by atomic mass is 32.1. The molecule has 2 aromatic heterocycles. The second-order valence-electron chi connectivity index (χ2n) is 2.69. The lowest BCUT2D eigenvalue weighted by Crippen LogP contribution is -1.94. The quantitative estimate of drug-likeness (QED) is 0.815. The molecule has 4 nitrogen and oxygen atoms in total. The largest absolute Gasteiger partial charge is 0.494 e. The second-order valence-corrected chi connectivity index (χ2v) is 3.40. The summed E-state index contributed by atoms with van der Waals surface area (Å²) in [4.78, 5) is 8.32. The summed E-state index contributed by atoms with van der Waals surface area (Å²) >= 11 is 1.53. The zero-order valence-electron chi connectivity index (χ0n) is 7.60. The van der Waals surface area contributed by atoms with Gasteiger partial charge in [0.1, 0.15) is 5.75 Å². The number of nitrogens with zero attached hydrogens (tertiary/aromatic N) is 2. The van der Waals surface area contributed by atoms with E-state index in [1.54, 1.807) is 24.9 Å². The van der Waals surface area contributed by atoms with Crippen molar-refractivity contribution in [1.29, 1.82) is 0 Å². The molecule has 2 rings (SSSR count). The molecule has 0 atom stereocenters. The first-order valence-electron chi connectivity index (χ1n) is 3.99. The number of thiazole rings is 1.